The van der Waals surface area contributed by atoms with Gasteiger partial charge in [0.1, 0.15) is 6.54 Å². The van der Waals surface area contributed by atoms with Crippen LogP contribution in [0.25, 0.3) is 0 Å². The summed E-state index contributed by atoms with van der Waals surface area (Å²) in [5, 5.41) is 4.63. The fraction of sp³-hybridized carbons (Fsp3) is 0.462. The number of likely N-dealkylation sites (tertiary alicyclic amines) is 1. The van der Waals surface area contributed by atoms with Gasteiger partial charge in [0.2, 0.25) is 17.7 Å². The molecule has 1 saturated heterocycles. The van der Waals surface area contributed by atoms with E-state index in [2.05, 4.69) is 5.32 Å². The molecule has 19 heavy (non-hydrogen) atoms. The second-order valence-electron chi connectivity index (χ2n) is 5.20. The average molecular weight is 280 g/mol. The summed E-state index contributed by atoms with van der Waals surface area (Å²) in [7, 11) is 0. The highest BCUT2D eigenvalue weighted by Gasteiger charge is 2.45. The minimum Gasteiger partial charge on any atom is -0.350 e. The zero-order valence-electron chi connectivity index (χ0n) is 10.9. The summed E-state index contributed by atoms with van der Waals surface area (Å²) >= 11 is 1.55. The van der Waals surface area contributed by atoms with E-state index in [1.165, 1.54) is 0 Å². The second-order valence-corrected chi connectivity index (χ2v) is 6.23. The molecule has 0 bridgehead atoms. The number of nitrogens with zero attached hydrogens (tertiary/aromatic N) is 1. The van der Waals surface area contributed by atoms with E-state index in [4.69, 9.17) is 0 Å². The van der Waals surface area contributed by atoms with Crippen molar-refractivity contribution in [2.24, 2.45) is 5.41 Å². The van der Waals surface area contributed by atoms with Gasteiger partial charge in [0.05, 0.1) is 12.0 Å². The van der Waals surface area contributed by atoms with Crippen LogP contribution < -0.4 is 5.32 Å². The minimum atomic E-state index is -0.689. The van der Waals surface area contributed by atoms with E-state index in [-0.39, 0.29) is 30.7 Å². The zero-order valence-corrected chi connectivity index (χ0v) is 11.8. The van der Waals surface area contributed by atoms with Crippen molar-refractivity contribution in [3.8, 4) is 0 Å². The van der Waals surface area contributed by atoms with Gasteiger partial charge in [-0.3, -0.25) is 19.3 Å². The van der Waals surface area contributed by atoms with Crippen molar-refractivity contribution in [2.45, 2.75) is 26.8 Å². The summed E-state index contributed by atoms with van der Waals surface area (Å²) in [4.78, 5) is 37.5. The lowest BCUT2D eigenvalue weighted by atomic mass is 9.92. The average Bonchev–Trinajstić information content (AvgIpc) is 2.90. The number of rotatable bonds is 4. The predicted octanol–water partition coefficient (Wildman–Crippen LogP) is 1.15. The normalized spacial score (nSPS) is 17.9. The van der Waals surface area contributed by atoms with Crippen LogP contribution in [0.4, 0.5) is 0 Å². The Labute approximate surface area is 115 Å². The van der Waals surface area contributed by atoms with Gasteiger partial charge in [0, 0.05) is 11.3 Å². The fourth-order valence-electron chi connectivity index (χ4n) is 1.99. The zero-order chi connectivity index (χ0) is 14.0. The molecule has 0 radical (unpaired) electrons. The smallest absolute Gasteiger partial charge is 0.240 e. The Hall–Kier alpha value is -1.69. The molecule has 1 aliphatic rings. The number of amides is 3. The molecule has 1 fully saturated rings. The number of hydrogen-bond donors (Lipinski definition) is 1. The van der Waals surface area contributed by atoms with Gasteiger partial charge in [0.15, 0.2) is 0 Å². The van der Waals surface area contributed by atoms with Crippen LogP contribution in [0.15, 0.2) is 17.5 Å². The second kappa shape index (κ2) is 5.13. The molecule has 0 unspecified atom stereocenters. The largest absolute Gasteiger partial charge is 0.350 e. The standard InChI is InChI=1S/C13H16N2O3S/c1-13(2)6-11(17)15(12(13)18)8-10(16)14-7-9-4-3-5-19-9/h3-5H,6-8H2,1-2H3,(H,14,16). The molecular weight excluding hydrogens is 264 g/mol. The van der Waals surface area contributed by atoms with Crippen LogP contribution in [-0.2, 0) is 20.9 Å². The molecule has 0 spiro atoms. The Kier molecular flexibility index (Phi) is 3.71. The van der Waals surface area contributed by atoms with Gasteiger partial charge >= 0.3 is 0 Å². The van der Waals surface area contributed by atoms with Gasteiger partial charge < -0.3 is 5.32 Å². The van der Waals surface area contributed by atoms with Crippen molar-refractivity contribution in [3.05, 3.63) is 22.4 Å². The summed E-state index contributed by atoms with van der Waals surface area (Å²) < 4.78 is 0. The first-order valence-electron chi connectivity index (χ1n) is 6.04. The molecule has 1 N–H and O–H groups in total. The number of carbonyl (C=O) groups is 3. The Morgan fingerprint density at radius 3 is 2.74 bits per heavy atom. The number of imide groups is 1. The van der Waals surface area contributed by atoms with Gasteiger partial charge in [-0.05, 0) is 11.4 Å². The van der Waals surface area contributed by atoms with E-state index in [0.29, 0.717) is 6.54 Å². The lowest BCUT2D eigenvalue weighted by Gasteiger charge is -2.17. The quantitative estimate of drug-likeness (QED) is 0.841. The highest BCUT2D eigenvalue weighted by molar-refractivity contribution is 7.09. The SMILES string of the molecule is CC1(C)CC(=O)N(CC(=O)NCc2cccs2)C1=O. The first-order valence-corrected chi connectivity index (χ1v) is 6.92. The maximum absolute atomic E-state index is 11.9. The van der Waals surface area contributed by atoms with Crippen LogP contribution in [0, 0.1) is 5.41 Å². The highest BCUT2D eigenvalue weighted by atomic mass is 32.1. The van der Waals surface area contributed by atoms with Gasteiger partial charge in [-0.25, -0.2) is 0 Å². The summed E-state index contributed by atoms with van der Waals surface area (Å²) in [6.07, 6.45) is 0.171. The summed E-state index contributed by atoms with van der Waals surface area (Å²) in [6.45, 7) is 3.68. The predicted molar refractivity (Wildman–Crippen MR) is 71.3 cm³/mol. The van der Waals surface area contributed by atoms with E-state index < -0.39 is 5.41 Å². The third-order valence-electron chi connectivity index (χ3n) is 3.06. The third-order valence-corrected chi connectivity index (χ3v) is 3.94. The lowest BCUT2D eigenvalue weighted by Crippen LogP contribution is -2.41. The first kappa shape index (κ1) is 13.7. The van der Waals surface area contributed by atoms with E-state index in [9.17, 15) is 14.4 Å². The van der Waals surface area contributed by atoms with Crippen molar-refractivity contribution in [1.82, 2.24) is 10.2 Å². The number of nitrogens with one attached hydrogen (secondary N) is 1. The minimum absolute atomic E-state index is 0.171. The van der Waals surface area contributed by atoms with Gasteiger partial charge in [-0.15, -0.1) is 11.3 Å². The molecule has 0 aromatic carbocycles. The van der Waals surface area contributed by atoms with Gasteiger partial charge in [0.25, 0.3) is 0 Å². The van der Waals surface area contributed by atoms with Gasteiger partial charge in [-0.1, -0.05) is 19.9 Å². The van der Waals surface area contributed by atoms with Crippen molar-refractivity contribution in [3.63, 3.8) is 0 Å². The van der Waals surface area contributed by atoms with Crippen LogP contribution in [0.1, 0.15) is 25.1 Å². The van der Waals surface area contributed by atoms with Crippen molar-refractivity contribution >= 4 is 29.1 Å². The van der Waals surface area contributed by atoms with E-state index in [1.807, 2.05) is 17.5 Å². The molecule has 1 aliphatic heterocycles. The molecule has 2 rings (SSSR count). The van der Waals surface area contributed by atoms with Crippen LogP contribution in [0.3, 0.4) is 0 Å². The number of carbonyl (C=O) groups excluding carboxylic acids is 3. The fourth-order valence-corrected chi connectivity index (χ4v) is 2.63. The molecule has 0 aliphatic carbocycles. The van der Waals surface area contributed by atoms with Crippen LogP contribution in [0.2, 0.25) is 0 Å². The molecule has 5 nitrogen and oxygen atoms in total. The number of hydrogen-bond acceptors (Lipinski definition) is 4. The first-order chi connectivity index (χ1) is 8.90. The maximum atomic E-state index is 11.9. The third kappa shape index (κ3) is 3.01. The lowest BCUT2D eigenvalue weighted by molar-refractivity contribution is -0.144. The Morgan fingerprint density at radius 2 is 2.21 bits per heavy atom. The molecule has 0 saturated carbocycles. The summed E-state index contributed by atoms with van der Waals surface area (Å²) in [6, 6.07) is 3.82. The molecule has 6 heteroatoms. The Morgan fingerprint density at radius 1 is 1.47 bits per heavy atom. The topological polar surface area (TPSA) is 66.5 Å². The van der Waals surface area contributed by atoms with Crippen LogP contribution >= 0.6 is 11.3 Å². The molecule has 2 heterocycles. The van der Waals surface area contributed by atoms with Gasteiger partial charge in [-0.2, -0.15) is 0 Å². The van der Waals surface area contributed by atoms with E-state index in [1.54, 1.807) is 25.2 Å². The molecule has 1 aromatic heterocycles. The van der Waals surface area contributed by atoms with Crippen molar-refractivity contribution in [1.29, 1.82) is 0 Å². The Balaban J connectivity index is 1.89. The Bertz CT molecular complexity index is 508. The van der Waals surface area contributed by atoms with Crippen molar-refractivity contribution < 1.29 is 14.4 Å². The van der Waals surface area contributed by atoms with E-state index in [0.717, 1.165) is 9.78 Å². The molecule has 102 valence electrons. The number of thiophene rings is 1. The monoisotopic (exact) mass is 280 g/mol. The van der Waals surface area contributed by atoms with Crippen molar-refractivity contribution in [2.75, 3.05) is 6.54 Å². The molecule has 3 amide bonds. The van der Waals surface area contributed by atoms with Crippen LogP contribution in [0.5, 0.6) is 0 Å². The summed E-state index contributed by atoms with van der Waals surface area (Å²) in [5.41, 5.74) is -0.689. The summed E-state index contributed by atoms with van der Waals surface area (Å²) in [5.74, 6) is -0.863. The maximum Gasteiger partial charge on any atom is 0.240 e. The van der Waals surface area contributed by atoms with E-state index >= 15 is 0 Å². The molecular formula is C13H16N2O3S. The molecule has 0 atom stereocenters. The van der Waals surface area contributed by atoms with Crippen LogP contribution in [-0.4, -0.2) is 29.2 Å². The highest BCUT2D eigenvalue weighted by Crippen LogP contribution is 2.31. The molecule has 1 aromatic rings.